The fourth-order valence-corrected chi connectivity index (χ4v) is 7.67. The van der Waals surface area contributed by atoms with Gasteiger partial charge in [0, 0.05) is 6.61 Å². The van der Waals surface area contributed by atoms with Crippen molar-refractivity contribution in [1.82, 2.24) is 14.6 Å². The predicted molar refractivity (Wildman–Crippen MR) is 206 cm³/mol. The fraction of sp³-hybridized carbons (Fsp3) is 0.675. The van der Waals surface area contributed by atoms with Gasteiger partial charge in [-0.2, -0.15) is 10.4 Å². The number of aromatic nitrogens is 3. The third-order valence-corrected chi connectivity index (χ3v) is 10.9. The maximum Gasteiger partial charge on any atom is 0.472 e. The molecule has 1 saturated heterocycles. The normalized spacial score (nSPS) is 18.9. The molecule has 1 fully saturated rings. The zero-order chi connectivity index (χ0) is 38.7. The molecule has 1 aliphatic rings. The van der Waals surface area contributed by atoms with Crippen LogP contribution in [0.25, 0.3) is 5.52 Å². The number of phosphoric ester groups is 1. The Kier molecular flexibility index (Phi) is 18.8. The number of unbranched alkanes of at least 4 members (excludes halogenated alkanes) is 14. The number of rotatable bonds is 28. The van der Waals surface area contributed by atoms with Gasteiger partial charge >= 0.3 is 7.82 Å². The van der Waals surface area contributed by atoms with Gasteiger partial charge in [0.25, 0.3) is 0 Å². The van der Waals surface area contributed by atoms with E-state index in [1.165, 1.54) is 95.5 Å². The van der Waals surface area contributed by atoms with Crippen molar-refractivity contribution in [3.05, 3.63) is 59.3 Å². The number of halogens is 1. The second-order valence-corrected chi connectivity index (χ2v) is 16.2. The van der Waals surface area contributed by atoms with Crippen molar-refractivity contribution in [2.75, 3.05) is 32.2 Å². The number of ether oxygens (including phenoxy) is 3. The Morgan fingerprint density at radius 3 is 2.35 bits per heavy atom. The first-order chi connectivity index (χ1) is 26.1. The SMILES string of the molecule is CCCCCCCCCCCCCCCCCOCC(COP(=O)(O)OC[C@]1(C)CCC(c2ccc3c(N)ncnn23)O1)OCc1cc(F)cc(C#N)c1. The minimum absolute atomic E-state index is 0.0440. The Hall–Kier alpha value is -2.95. The second-order valence-electron chi connectivity index (χ2n) is 14.8. The number of nitrogens with zero attached hydrogens (tertiary/aromatic N) is 4. The van der Waals surface area contributed by atoms with Crippen LogP contribution in [-0.4, -0.2) is 57.6 Å². The first kappa shape index (κ1) is 43.8. The van der Waals surface area contributed by atoms with E-state index >= 15 is 0 Å². The molecule has 0 bridgehead atoms. The van der Waals surface area contributed by atoms with Gasteiger partial charge in [0.05, 0.1) is 49.4 Å². The Balaban J connectivity index is 1.16. The summed E-state index contributed by atoms with van der Waals surface area (Å²) in [6.45, 7) is 4.16. The van der Waals surface area contributed by atoms with Crippen LogP contribution >= 0.6 is 7.82 Å². The molecule has 3 heterocycles. The van der Waals surface area contributed by atoms with Crippen LogP contribution in [0.15, 0.2) is 36.7 Å². The summed E-state index contributed by atoms with van der Waals surface area (Å²) in [6.07, 6.45) is 20.7. The highest BCUT2D eigenvalue weighted by Crippen LogP contribution is 2.47. The van der Waals surface area contributed by atoms with Crippen molar-refractivity contribution in [3.63, 3.8) is 0 Å². The van der Waals surface area contributed by atoms with Gasteiger partial charge in [-0.25, -0.2) is 18.5 Å². The summed E-state index contributed by atoms with van der Waals surface area (Å²) in [4.78, 5) is 14.6. The maximum atomic E-state index is 14.0. The molecule has 0 amide bonds. The largest absolute Gasteiger partial charge is 0.472 e. The lowest BCUT2D eigenvalue weighted by molar-refractivity contribution is -0.0710. The molecule has 300 valence electrons. The van der Waals surface area contributed by atoms with Crippen molar-refractivity contribution in [3.8, 4) is 6.07 Å². The van der Waals surface area contributed by atoms with Crippen LogP contribution in [0.3, 0.4) is 0 Å². The van der Waals surface area contributed by atoms with Crippen LogP contribution in [0.5, 0.6) is 0 Å². The van der Waals surface area contributed by atoms with Gasteiger partial charge in [-0.1, -0.05) is 96.8 Å². The van der Waals surface area contributed by atoms with E-state index in [0.29, 0.717) is 36.3 Å². The standard InChI is InChI=1S/C40H61FN5O7P/c1-3-4-5-6-7-8-9-10-11-12-13-14-15-16-17-22-49-28-35(50-27-33-23-32(26-42)24-34(41)25-33)29-51-54(47,48)52-30-40(2)21-20-38(53-40)36-18-19-37-39(43)44-31-45-46(36)37/h18-19,23-25,31,35,38H,3-17,20-22,27-30H2,1-2H3,(H,47,48)(H2,43,44,45)/t35?,38?,40-/m0/s1. The highest BCUT2D eigenvalue weighted by Gasteiger charge is 2.40. The number of nitrogen functional groups attached to an aromatic ring is 1. The van der Waals surface area contributed by atoms with Crippen molar-refractivity contribution in [1.29, 1.82) is 5.26 Å². The first-order valence-corrected chi connectivity index (χ1v) is 21.4. The van der Waals surface area contributed by atoms with Crippen molar-refractivity contribution in [2.24, 2.45) is 0 Å². The maximum absolute atomic E-state index is 14.0. The number of nitrogens with two attached hydrogens (primary N) is 1. The molecule has 1 aliphatic heterocycles. The Morgan fingerprint density at radius 2 is 1.69 bits per heavy atom. The number of nitriles is 1. The summed E-state index contributed by atoms with van der Waals surface area (Å²) in [6, 6.07) is 9.60. The fourth-order valence-electron chi connectivity index (χ4n) is 6.81. The lowest BCUT2D eigenvalue weighted by Gasteiger charge is -2.26. The average molecular weight is 774 g/mol. The molecule has 4 atom stereocenters. The molecule has 3 N–H and O–H groups in total. The van der Waals surface area contributed by atoms with E-state index in [-0.39, 0.29) is 38.1 Å². The van der Waals surface area contributed by atoms with Crippen LogP contribution in [0, 0.1) is 17.1 Å². The van der Waals surface area contributed by atoms with Crippen LogP contribution in [0.4, 0.5) is 10.2 Å². The number of anilines is 1. The average Bonchev–Trinajstić information content (AvgIpc) is 3.77. The van der Waals surface area contributed by atoms with E-state index in [2.05, 4.69) is 17.0 Å². The Labute approximate surface area is 320 Å². The van der Waals surface area contributed by atoms with Crippen LogP contribution < -0.4 is 5.73 Å². The zero-order valence-electron chi connectivity index (χ0n) is 32.3. The number of hydrogen-bond donors (Lipinski definition) is 2. The second kappa shape index (κ2) is 23.2. The van der Waals surface area contributed by atoms with E-state index in [4.69, 9.17) is 29.0 Å². The summed E-state index contributed by atoms with van der Waals surface area (Å²) >= 11 is 0. The van der Waals surface area contributed by atoms with Crippen molar-refractivity contribution >= 4 is 19.2 Å². The molecule has 0 spiro atoms. The van der Waals surface area contributed by atoms with Gasteiger partial charge in [-0.05, 0) is 62.1 Å². The summed E-state index contributed by atoms with van der Waals surface area (Å²) in [5.74, 6) is -0.190. The monoisotopic (exact) mass is 773 g/mol. The number of hydrogen-bond acceptors (Lipinski definition) is 10. The summed E-state index contributed by atoms with van der Waals surface area (Å²) < 4.78 is 57.7. The molecular formula is C40H61FN5O7P. The first-order valence-electron chi connectivity index (χ1n) is 19.9. The molecule has 14 heteroatoms. The summed E-state index contributed by atoms with van der Waals surface area (Å²) in [7, 11) is -4.52. The Bertz CT molecular complexity index is 1640. The number of fused-ring (bicyclic) bond motifs is 1. The smallest absolute Gasteiger partial charge is 0.382 e. The van der Waals surface area contributed by atoms with Crippen molar-refractivity contribution in [2.45, 2.75) is 147 Å². The van der Waals surface area contributed by atoms with Gasteiger partial charge in [-0.15, -0.1) is 0 Å². The zero-order valence-corrected chi connectivity index (χ0v) is 33.2. The third kappa shape index (κ3) is 15.3. The molecule has 54 heavy (non-hydrogen) atoms. The lowest BCUT2D eigenvalue weighted by atomic mass is 10.0. The van der Waals surface area contributed by atoms with Gasteiger partial charge in [-0.3, -0.25) is 9.05 Å². The molecule has 3 unspecified atom stereocenters. The van der Waals surface area contributed by atoms with Crippen LogP contribution in [-0.2, 0) is 34.4 Å². The van der Waals surface area contributed by atoms with Crippen LogP contribution in [0.2, 0.25) is 0 Å². The third-order valence-electron chi connectivity index (χ3n) is 9.93. The summed E-state index contributed by atoms with van der Waals surface area (Å²) in [5, 5.41) is 13.5. The lowest BCUT2D eigenvalue weighted by Crippen LogP contribution is -2.30. The van der Waals surface area contributed by atoms with E-state index in [1.54, 1.807) is 4.52 Å². The van der Waals surface area contributed by atoms with Gasteiger partial charge < -0.3 is 24.8 Å². The highest BCUT2D eigenvalue weighted by atomic mass is 31.2. The molecule has 1 aromatic carbocycles. The molecule has 0 aliphatic carbocycles. The molecule has 4 rings (SSSR count). The molecule has 0 radical (unpaired) electrons. The Morgan fingerprint density at radius 1 is 1.02 bits per heavy atom. The highest BCUT2D eigenvalue weighted by molar-refractivity contribution is 7.47. The quantitative estimate of drug-likeness (QED) is 0.0534. The van der Waals surface area contributed by atoms with Gasteiger partial charge in [0.1, 0.15) is 29.9 Å². The number of benzene rings is 1. The molecule has 12 nitrogen and oxygen atoms in total. The molecular weight excluding hydrogens is 712 g/mol. The van der Waals surface area contributed by atoms with E-state index < -0.39 is 25.3 Å². The van der Waals surface area contributed by atoms with Gasteiger partial charge in [0.2, 0.25) is 0 Å². The van der Waals surface area contributed by atoms with Crippen LogP contribution in [0.1, 0.15) is 146 Å². The van der Waals surface area contributed by atoms with Crippen molar-refractivity contribution < 1.29 is 37.1 Å². The minimum Gasteiger partial charge on any atom is -0.382 e. The van der Waals surface area contributed by atoms with E-state index in [9.17, 15) is 19.1 Å². The van der Waals surface area contributed by atoms with Gasteiger partial charge in [0.15, 0.2) is 5.82 Å². The topological polar surface area (TPSA) is 163 Å². The molecule has 0 saturated carbocycles. The predicted octanol–water partition coefficient (Wildman–Crippen LogP) is 9.54. The van der Waals surface area contributed by atoms with E-state index in [1.807, 2.05) is 25.1 Å². The molecule has 2 aromatic heterocycles. The molecule has 3 aromatic rings. The van der Waals surface area contributed by atoms with E-state index in [0.717, 1.165) is 31.0 Å². The number of phosphoric acid groups is 1. The minimum atomic E-state index is -4.52. The summed E-state index contributed by atoms with van der Waals surface area (Å²) in [5.41, 5.74) is 7.22.